The van der Waals surface area contributed by atoms with Crippen molar-refractivity contribution in [1.82, 2.24) is 5.32 Å². The van der Waals surface area contributed by atoms with E-state index in [4.69, 9.17) is 14.2 Å². The highest BCUT2D eigenvalue weighted by Gasteiger charge is 2.21. The van der Waals surface area contributed by atoms with Gasteiger partial charge in [-0.2, -0.15) is 0 Å². The summed E-state index contributed by atoms with van der Waals surface area (Å²) in [6.07, 6.45) is -1.42. The minimum absolute atomic E-state index is 0.180. The van der Waals surface area contributed by atoms with Gasteiger partial charge in [0.2, 0.25) is 5.91 Å². The first-order valence-corrected chi connectivity index (χ1v) is 9.27. The standard InChI is InChI=1S/C21H21F3N2O6/c1-11(32-18(28)8-12-4-5-13(30-2)9-16(12)31-3)21(29)25-10-17(27)26-15-7-6-14(22)19(23)20(15)24/h4-7,9,11H,8,10H2,1-3H3,(H,25,29)(H,26,27). The van der Waals surface area contributed by atoms with Crippen LogP contribution in [-0.4, -0.2) is 44.7 Å². The predicted octanol–water partition coefficient (Wildman–Crippen LogP) is 2.35. The van der Waals surface area contributed by atoms with Gasteiger partial charge in [0, 0.05) is 11.6 Å². The van der Waals surface area contributed by atoms with Gasteiger partial charge in [0.1, 0.15) is 11.5 Å². The summed E-state index contributed by atoms with van der Waals surface area (Å²) < 4.78 is 55.0. The van der Waals surface area contributed by atoms with Crippen molar-refractivity contribution in [3.63, 3.8) is 0 Å². The van der Waals surface area contributed by atoms with Crippen LogP contribution in [-0.2, 0) is 25.5 Å². The molecule has 2 rings (SSSR count). The van der Waals surface area contributed by atoms with Crippen LogP contribution in [0.2, 0.25) is 0 Å². The van der Waals surface area contributed by atoms with Crippen molar-refractivity contribution in [2.24, 2.45) is 0 Å². The maximum absolute atomic E-state index is 13.6. The number of anilines is 1. The van der Waals surface area contributed by atoms with Gasteiger partial charge in [0.25, 0.3) is 5.91 Å². The Morgan fingerprint density at radius 3 is 2.38 bits per heavy atom. The van der Waals surface area contributed by atoms with Crippen LogP contribution >= 0.6 is 0 Å². The Kier molecular flexibility index (Phi) is 8.45. The topological polar surface area (TPSA) is 103 Å². The molecule has 0 aromatic heterocycles. The first-order valence-electron chi connectivity index (χ1n) is 9.27. The van der Waals surface area contributed by atoms with Gasteiger partial charge in [-0.1, -0.05) is 6.07 Å². The van der Waals surface area contributed by atoms with E-state index in [1.807, 2.05) is 5.32 Å². The van der Waals surface area contributed by atoms with Crippen LogP contribution < -0.4 is 20.1 Å². The number of carbonyl (C=O) groups is 3. The Morgan fingerprint density at radius 2 is 1.72 bits per heavy atom. The fraction of sp³-hybridized carbons (Fsp3) is 0.286. The number of carbonyl (C=O) groups excluding carboxylic acids is 3. The van der Waals surface area contributed by atoms with E-state index >= 15 is 0 Å². The van der Waals surface area contributed by atoms with Crippen molar-refractivity contribution in [3.05, 3.63) is 53.3 Å². The lowest BCUT2D eigenvalue weighted by molar-refractivity contribution is -0.154. The summed E-state index contributed by atoms with van der Waals surface area (Å²) >= 11 is 0. The Balaban J connectivity index is 1.85. The second-order valence-electron chi connectivity index (χ2n) is 6.48. The van der Waals surface area contributed by atoms with E-state index in [1.165, 1.54) is 21.1 Å². The molecule has 32 heavy (non-hydrogen) atoms. The molecule has 2 aromatic rings. The molecule has 172 valence electrons. The van der Waals surface area contributed by atoms with Crippen molar-refractivity contribution >= 4 is 23.5 Å². The second-order valence-corrected chi connectivity index (χ2v) is 6.48. The number of methoxy groups -OCH3 is 2. The first-order chi connectivity index (χ1) is 15.2. The summed E-state index contributed by atoms with van der Waals surface area (Å²) in [5.74, 6) is -6.18. The average Bonchev–Trinajstić information content (AvgIpc) is 2.77. The summed E-state index contributed by atoms with van der Waals surface area (Å²) in [5, 5.41) is 4.20. The Hall–Kier alpha value is -3.76. The fourth-order valence-electron chi connectivity index (χ4n) is 2.57. The first kappa shape index (κ1) is 24.5. The maximum Gasteiger partial charge on any atom is 0.311 e. The number of ether oxygens (including phenoxy) is 3. The molecule has 1 unspecified atom stereocenters. The Labute approximate surface area is 181 Å². The fourth-order valence-corrected chi connectivity index (χ4v) is 2.57. The number of nitrogens with one attached hydrogen (secondary N) is 2. The van der Waals surface area contributed by atoms with E-state index in [9.17, 15) is 27.6 Å². The normalized spacial score (nSPS) is 11.3. The minimum Gasteiger partial charge on any atom is -0.497 e. The smallest absolute Gasteiger partial charge is 0.311 e. The highest BCUT2D eigenvalue weighted by atomic mass is 19.2. The highest BCUT2D eigenvalue weighted by Crippen LogP contribution is 2.25. The number of halogens is 3. The molecule has 1 atom stereocenters. The molecule has 11 heteroatoms. The predicted molar refractivity (Wildman–Crippen MR) is 107 cm³/mol. The van der Waals surface area contributed by atoms with Crippen LogP contribution in [0.4, 0.5) is 18.9 Å². The van der Waals surface area contributed by atoms with E-state index < -0.39 is 53.6 Å². The van der Waals surface area contributed by atoms with Gasteiger partial charge < -0.3 is 24.8 Å². The van der Waals surface area contributed by atoms with Crippen LogP contribution in [0.15, 0.2) is 30.3 Å². The van der Waals surface area contributed by atoms with Crippen molar-refractivity contribution in [3.8, 4) is 11.5 Å². The largest absolute Gasteiger partial charge is 0.497 e. The third-order valence-electron chi connectivity index (χ3n) is 4.24. The Morgan fingerprint density at radius 1 is 1.00 bits per heavy atom. The van der Waals surface area contributed by atoms with E-state index in [2.05, 4.69) is 5.32 Å². The summed E-state index contributed by atoms with van der Waals surface area (Å²) in [5.41, 5.74) is -0.0742. The zero-order chi connectivity index (χ0) is 23.8. The molecule has 2 aromatic carbocycles. The maximum atomic E-state index is 13.6. The summed E-state index contributed by atoms with van der Waals surface area (Å²) in [7, 11) is 2.91. The van der Waals surface area contributed by atoms with Crippen molar-refractivity contribution < 1.29 is 41.8 Å². The van der Waals surface area contributed by atoms with Crippen LogP contribution in [0.25, 0.3) is 0 Å². The zero-order valence-corrected chi connectivity index (χ0v) is 17.5. The van der Waals surface area contributed by atoms with Gasteiger partial charge in [-0.05, 0) is 25.1 Å². The monoisotopic (exact) mass is 454 g/mol. The third-order valence-corrected chi connectivity index (χ3v) is 4.24. The van der Waals surface area contributed by atoms with Crippen LogP contribution in [0.1, 0.15) is 12.5 Å². The van der Waals surface area contributed by atoms with Crippen LogP contribution in [0, 0.1) is 17.5 Å². The molecule has 0 saturated heterocycles. The van der Waals surface area contributed by atoms with Gasteiger partial charge in [0.05, 0.1) is 32.9 Å². The summed E-state index contributed by atoms with van der Waals surface area (Å²) in [6.45, 7) is 0.677. The number of amides is 2. The minimum atomic E-state index is -1.74. The number of esters is 1. The van der Waals surface area contributed by atoms with E-state index in [1.54, 1.807) is 18.2 Å². The molecule has 0 aliphatic heterocycles. The zero-order valence-electron chi connectivity index (χ0n) is 17.5. The van der Waals surface area contributed by atoms with Crippen molar-refractivity contribution in [1.29, 1.82) is 0 Å². The number of hydrogen-bond acceptors (Lipinski definition) is 6. The van der Waals surface area contributed by atoms with Crippen LogP contribution in [0.3, 0.4) is 0 Å². The van der Waals surface area contributed by atoms with Gasteiger partial charge in [0.15, 0.2) is 23.6 Å². The molecule has 0 aliphatic carbocycles. The van der Waals surface area contributed by atoms with E-state index in [0.29, 0.717) is 23.1 Å². The van der Waals surface area contributed by atoms with Gasteiger partial charge in [-0.3, -0.25) is 14.4 Å². The number of rotatable bonds is 9. The SMILES string of the molecule is COc1ccc(CC(=O)OC(C)C(=O)NCC(=O)Nc2ccc(F)c(F)c2F)c(OC)c1. The molecule has 2 N–H and O–H groups in total. The summed E-state index contributed by atoms with van der Waals surface area (Å²) in [6, 6.07) is 6.32. The van der Waals surface area contributed by atoms with Gasteiger partial charge in [-0.15, -0.1) is 0 Å². The number of benzene rings is 2. The molecule has 0 radical (unpaired) electrons. The van der Waals surface area contributed by atoms with Crippen LogP contribution in [0.5, 0.6) is 11.5 Å². The van der Waals surface area contributed by atoms with Gasteiger partial charge in [-0.25, -0.2) is 13.2 Å². The summed E-state index contributed by atoms with van der Waals surface area (Å²) in [4.78, 5) is 36.1. The molecule has 0 fully saturated rings. The second kappa shape index (κ2) is 11.0. The molecule has 0 spiro atoms. The molecule has 8 nitrogen and oxygen atoms in total. The molecule has 2 amide bonds. The molecule has 0 aliphatic rings. The number of hydrogen-bond donors (Lipinski definition) is 2. The third kappa shape index (κ3) is 6.37. The lowest BCUT2D eigenvalue weighted by Gasteiger charge is -2.15. The molecule has 0 saturated carbocycles. The molecular weight excluding hydrogens is 433 g/mol. The van der Waals surface area contributed by atoms with Crippen molar-refractivity contribution in [2.45, 2.75) is 19.4 Å². The average molecular weight is 454 g/mol. The molecule has 0 bridgehead atoms. The quantitative estimate of drug-likeness (QED) is 0.446. The highest BCUT2D eigenvalue weighted by molar-refractivity contribution is 5.95. The van der Waals surface area contributed by atoms with Gasteiger partial charge >= 0.3 is 5.97 Å². The molecule has 0 heterocycles. The lowest BCUT2D eigenvalue weighted by atomic mass is 10.1. The van der Waals surface area contributed by atoms with E-state index in [0.717, 1.165) is 6.07 Å². The lowest BCUT2D eigenvalue weighted by Crippen LogP contribution is -2.40. The van der Waals surface area contributed by atoms with Crippen molar-refractivity contribution in [2.75, 3.05) is 26.1 Å². The Bertz CT molecular complexity index is 1020. The van der Waals surface area contributed by atoms with E-state index in [-0.39, 0.29) is 6.42 Å². The molecular formula is C21H21F3N2O6.